The lowest BCUT2D eigenvalue weighted by molar-refractivity contribution is -0.143. The first-order chi connectivity index (χ1) is 10.4. The summed E-state index contributed by atoms with van der Waals surface area (Å²) in [5, 5.41) is 7.82. The van der Waals surface area contributed by atoms with E-state index in [0.29, 0.717) is 10.7 Å². The van der Waals surface area contributed by atoms with Crippen LogP contribution in [0.15, 0.2) is 18.2 Å². The van der Waals surface area contributed by atoms with E-state index in [-0.39, 0.29) is 19.7 Å². The minimum absolute atomic E-state index is 0.233. The van der Waals surface area contributed by atoms with Gasteiger partial charge >= 0.3 is 12.0 Å². The van der Waals surface area contributed by atoms with Crippen molar-refractivity contribution in [3.8, 4) is 0 Å². The first-order valence-corrected chi connectivity index (χ1v) is 7.04. The van der Waals surface area contributed by atoms with Crippen molar-refractivity contribution in [2.24, 2.45) is 0 Å². The number of hydrogen-bond acceptors (Lipinski definition) is 4. The van der Waals surface area contributed by atoms with E-state index in [0.717, 1.165) is 5.56 Å². The number of hydrogen-bond donors (Lipinski definition) is 3. The van der Waals surface area contributed by atoms with Gasteiger partial charge < -0.3 is 20.7 Å². The second-order valence-corrected chi connectivity index (χ2v) is 4.71. The number of benzene rings is 1. The number of carbonyl (C=O) groups excluding carboxylic acids is 3. The summed E-state index contributed by atoms with van der Waals surface area (Å²) < 4.78 is 4.66. The van der Waals surface area contributed by atoms with E-state index in [1.807, 2.05) is 0 Å². The minimum Gasteiger partial charge on any atom is -0.465 e. The third-order valence-corrected chi connectivity index (χ3v) is 3.07. The molecule has 0 aromatic heterocycles. The fourth-order valence-electron chi connectivity index (χ4n) is 1.52. The van der Waals surface area contributed by atoms with Gasteiger partial charge in [-0.25, -0.2) is 4.79 Å². The molecule has 1 aromatic rings. The number of carbonyl (C=O) groups is 3. The van der Waals surface area contributed by atoms with Gasteiger partial charge in [-0.15, -0.1) is 0 Å². The molecule has 0 unspecified atom stereocenters. The lowest BCUT2D eigenvalue weighted by Crippen LogP contribution is -2.40. The molecule has 0 bridgehead atoms. The maximum atomic E-state index is 11.7. The van der Waals surface area contributed by atoms with Crippen LogP contribution in [0.25, 0.3) is 0 Å². The Kier molecular flexibility index (Phi) is 7.18. The second-order valence-electron chi connectivity index (χ2n) is 4.30. The van der Waals surface area contributed by atoms with Gasteiger partial charge in [0.15, 0.2) is 0 Å². The van der Waals surface area contributed by atoms with Crippen LogP contribution in [0.2, 0.25) is 5.02 Å². The molecule has 0 atom stereocenters. The van der Waals surface area contributed by atoms with Gasteiger partial charge in [0, 0.05) is 10.7 Å². The van der Waals surface area contributed by atoms with Crippen LogP contribution in [0.5, 0.6) is 0 Å². The maximum Gasteiger partial charge on any atom is 0.325 e. The largest absolute Gasteiger partial charge is 0.465 e. The number of halogens is 1. The Morgan fingerprint density at radius 3 is 2.59 bits per heavy atom. The topological polar surface area (TPSA) is 96.5 Å². The van der Waals surface area contributed by atoms with Crippen molar-refractivity contribution in [2.75, 3.05) is 25.0 Å². The standard InChI is InChI=1S/C14H18ClN3O4/c1-3-22-13(20)8-16-12(19)7-17-14(21)18-11-6-4-5-10(15)9(11)2/h4-6H,3,7-8H2,1-2H3,(H,16,19)(H2,17,18,21). The Morgan fingerprint density at radius 2 is 1.91 bits per heavy atom. The van der Waals surface area contributed by atoms with Crippen LogP contribution in [-0.4, -0.2) is 37.6 Å². The van der Waals surface area contributed by atoms with Gasteiger partial charge in [0.2, 0.25) is 5.91 Å². The zero-order chi connectivity index (χ0) is 16.5. The quantitative estimate of drug-likeness (QED) is 0.689. The molecule has 3 amide bonds. The summed E-state index contributed by atoms with van der Waals surface area (Å²) in [7, 11) is 0. The van der Waals surface area contributed by atoms with E-state index in [4.69, 9.17) is 11.6 Å². The summed E-state index contributed by atoms with van der Waals surface area (Å²) in [6.07, 6.45) is 0. The Balaban J connectivity index is 2.35. The molecule has 1 aromatic carbocycles. The van der Waals surface area contributed by atoms with Gasteiger partial charge in [-0.05, 0) is 31.5 Å². The zero-order valence-corrected chi connectivity index (χ0v) is 13.1. The van der Waals surface area contributed by atoms with Crippen molar-refractivity contribution in [3.63, 3.8) is 0 Å². The molecule has 0 radical (unpaired) electrons. The van der Waals surface area contributed by atoms with Crippen LogP contribution in [0.3, 0.4) is 0 Å². The fraction of sp³-hybridized carbons (Fsp3) is 0.357. The predicted octanol–water partition coefficient (Wildman–Crippen LogP) is 1.45. The predicted molar refractivity (Wildman–Crippen MR) is 82.9 cm³/mol. The Labute approximate surface area is 133 Å². The normalized spacial score (nSPS) is 9.77. The van der Waals surface area contributed by atoms with E-state index in [2.05, 4.69) is 20.7 Å². The highest BCUT2D eigenvalue weighted by Crippen LogP contribution is 2.22. The van der Waals surface area contributed by atoms with Crippen LogP contribution < -0.4 is 16.0 Å². The second kappa shape index (κ2) is 8.89. The highest BCUT2D eigenvalue weighted by molar-refractivity contribution is 6.31. The molecule has 120 valence electrons. The molecule has 0 aliphatic carbocycles. The zero-order valence-electron chi connectivity index (χ0n) is 12.4. The molecule has 0 fully saturated rings. The molecule has 7 nitrogen and oxygen atoms in total. The van der Waals surface area contributed by atoms with Crippen LogP contribution in [0.4, 0.5) is 10.5 Å². The fourth-order valence-corrected chi connectivity index (χ4v) is 1.69. The van der Waals surface area contributed by atoms with Crippen molar-refractivity contribution in [1.82, 2.24) is 10.6 Å². The number of amides is 3. The van der Waals surface area contributed by atoms with E-state index in [9.17, 15) is 14.4 Å². The summed E-state index contributed by atoms with van der Waals surface area (Å²) in [5.41, 5.74) is 1.28. The van der Waals surface area contributed by atoms with Crippen molar-refractivity contribution in [3.05, 3.63) is 28.8 Å². The van der Waals surface area contributed by atoms with Crippen molar-refractivity contribution < 1.29 is 19.1 Å². The van der Waals surface area contributed by atoms with Crippen LogP contribution in [0, 0.1) is 6.92 Å². The molecule has 0 heterocycles. The van der Waals surface area contributed by atoms with E-state index < -0.39 is 17.9 Å². The summed E-state index contributed by atoms with van der Waals surface area (Å²) >= 11 is 5.94. The highest BCUT2D eigenvalue weighted by Gasteiger charge is 2.09. The molecule has 0 saturated carbocycles. The Morgan fingerprint density at radius 1 is 1.18 bits per heavy atom. The van der Waals surface area contributed by atoms with Crippen molar-refractivity contribution in [1.29, 1.82) is 0 Å². The van der Waals surface area contributed by atoms with Gasteiger partial charge in [-0.1, -0.05) is 17.7 Å². The van der Waals surface area contributed by atoms with Gasteiger partial charge in [0.05, 0.1) is 13.2 Å². The van der Waals surface area contributed by atoms with Gasteiger partial charge in [0.25, 0.3) is 0 Å². The van der Waals surface area contributed by atoms with Crippen molar-refractivity contribution >= 4 is 35.2 Å². The third-order valence-electron chi connectivity index (χ3n) is 2.66. The van der Waals surface area contributed by atoms with Crippen LogP contribution >= 0.6 is 11.6 Å². The van der Waals surface area contributed by atoms with E-state index in [1.165, 1.54) is 0 Å². The molecule has 8 heteroatoms. The average molecular weight is 328 g/mol. The maximum absolute atomic E-state index is 11.7. The van der Waals surface area contributed by atoms with E-state index in [1.54, 1.807) is 32.0 Å². The van der Waals surface area contributed by atoms with Gasteiger partial charge in [-0.2, -0.15) is 0 Å². The first-order valence-electron chi connectivity index (χ1n) is 6.66. The van der Waals surface area contributed by atoms with Crippen LogP contribution in [0.1, 0.15) is 12.5 Å². The van der Waals surface area contributed by atoms with Gasteiger partial charge in [-0.3, -0.25) is 9.59 Å². The SMILES string of the molecule is CCOC(=O)CNC(=O)CNC(=O)Nc1cccc(Cl)c1C. The first kappa shape index (κ1) is 17.8. The number of urea groups is 1. The highest BCUT2D eigenvalue weighted by atomic mass is 35.5. The number of esters is 1. The summed E-state index contributed by atoms with van der Waals surface area (Å²) in [6, 6.07) is 4.57. The smallest absolute Gasteiger partial charge is 0.325 e. The molecule has 0 spiro atoms. The van der Waals surface area contributed by atoms with Crippen molar-refractivity contribution in [2.45, 2.75) is 13.8 Å². The van der Waals surface area contributed by atoms with Crippen LogP contribution in [-0.2, 0) is 14.3 Å². The Hall–Kier alpha value is -2.28. The third kappa shape index (κ3) is 6.01. The molecule has 0 aliphatic heterocycles. The Bertz CT molecular complexity index is 563. The molecule has 22 heavy (non-hydrogen) atoms. The average Bonchev–Trinajstić information content (AvgIpc) is 2.48. The summed E-state index contributed by atoms with van der Waals surface area (Å²) in [5.74, 6) is -1.03. The van der Waals surface area contributed by atoms with E-state index >= 15 is 0 Å². The lowest BCUT2D eigenvalue weighted by Gasteiger charge is -2.10. The number of anilines is 1. The lowest BCUT2D eigenvalue weighted by atomic mass is 10.2. The van der Waals surface area contributed by atoms with Gasteiger partial charge in [0.1, 0.15) is 6.54 Å². The monoisotopic (exact) mass is 327 g/mol. The summed E-state index contributed by atoms with van der Waals surface area (Å²) in [4.78, 5) is 34.2. The minimum atomic E-state index is -0.545. The molecule has 0 saturated heterocycles. The summed E-state index contributed by atoms with van der Waals surface area (Å²) in [6.45, 7) is 3.19. The number of ether oxygens (including phenoxy) is 1. The molecule has 0 aliphatic rings. The molecule has 1 rings (SSSR count). The molecular formula is C14H18ClN3O4. The molecule has 3 N–H and O–H groups in total. The molecular weight excluding hydrogens is 310 g/mol. The number of rotatable bonds is 6. The number of nitrogens with one attached hydrogen (secondary N) is 3.